The van der Waals surface area contributed by atoms with E-state index in [9.17, 15) is 4.79 Å². The summed E-state index contributed by atoms with van der Waals surface area (Å²) in [5, 5.41) is 14.5. The Morgan fingerprint density at radius 3 is 3.19 bits per heavy atom. The van der Waals surface area contributed by atoms with Crippen LogP contribution in [0.25, 0.3) is 0 Å². The van der Waals surface area contributed by atoms with Gasteiger partial charge in [-0.05, 0) is 36.5 Å². The van der Waals surface area contributed by atoms with Gasteiger partial charge in [0.25, 0.3) is 5.91 Å². The molecule has 0 spiro atoms. The molecule has 1 heterocycles. The van der Waals surface area contributed by atoms with Gasteiger partial charge in [-0.15, -0.1) is 11.3 Å². The van der Waals surface area contributed by atoms with Crippen molar-refractivity contribution >= 4 is 29.0 Å². The van der Waals surface area contributed by atoms with Gasteiger partial charge < -0.3 is 10.4 Å². The summed E-state index contributed by atoms with van der Waals surface area (Å²) in [4.78, 5) is 13.0. The summed E-state index contributed by atoms with van der Waals surface area (Å²) >= 11 is 3.42. The third kappa shape index (κ3) is 4.77. The number of rotatable bonds is 5. The first kappa shape index (κ1) is 16.4. The molecule has 21 heavy (non-hydrogen) atoms. The number of hydrogen-bond donors (Lipinski definition) is 2. The van der Waals surface area contributed by atoms with Crippen molar-refractivity contribution in [1.29, 1.82) is 0 Å². The van der Waals surface area contributed by atoms with E-state index >= 15 is 0 Å². The van der Waals surface area contributed by atoms with Crippen LogP contribution in [0.3, 0.4) is 0 Å². The first-order valence-electron chi connectivity index (χ1n) is 7.34. The summed E-state index contributed by atoms with van der Waals surface area (Å²) in [5.74, 6) is 6.97. The number of thioether (sulfide) groups is 1. The molecule has 2 N–H and O–H groups in total. The van der Waals surface area contributed by atoms with Crippen LogP contribution >= 0.6 is 23.1 Å². The maximum absolute atomic E-state index is 12.4. The lowest BCUT2D eigenvalue weighted by atomic mass is 10.2. The van der Waals surface area contributed by atoms with Crippen LogP contribution in [0.15, 0.2) is 11.4 Å². The molecule has 5 heteroatoms. The number of amides is 1. The summed E-state index contributed by atoms with van der Waals surface area (Å²) in [6.07, 6.45) is 3.77. The zero-order valence-corrected chi connectivity index (χ0v) is 13.9. The van der Waals surface area contributed by atoms with E-state index in [1.54, 1.807) is 0 Å². The molecule has 114 valence electrons. The molecule has 3 nitrogen and oxygen atoms in total. The van der Waals surface area contributed by atoms with Gasteiger partial charge in [0.05, 0.1) is 6.61 Å². The highest BCUT2D eigenvalue weighted by molar-refractivity contribution is 7.99. The Labute approximate surface area is 134 Å². The van der Waals surface area contributed by atoms with E-state index in [-0.39, 0.29) is 12.5 Å². The molecule has 2 unspecified atom stereocenters. The summed E-state index contributed by atoms with van der Waals surface area (Å²) in [5.41, 5.74) is 0.767. The van der Waals surface area contributed by atoms with Gasteiger partial charge in [-0.25, -0.2) is 0 Å². The second-order valence-electron chi connectivity index (χ2n) is 5.00. The number of hydrogen-bond acceptors (Lipinski definition) is 4. The SMILES string of the molecule is CCSC1CCC(NC(=O)c2sccc2C#CCCO)C1. The Morgan fingerprint density at radius 1 is 1.57 bits per heavy atom. The molecule has 1 aliphatic carbocycles. The molecule has 1 aliphatic rings. The zero-order valence-electron chi connectivity index (χ0n) is 12.2. The Bertz CT molecular complexity index is 530. The standard InChI is InChI=1S/C16H21NO2S2/c1-2-20-14-7-6-13(11-14)17-16(19)15-12(8-10-21-15)5-3-4-9-18/h8,10,13-14,18H,2,4,6-7,9,11H2,1H3,(H,17,19). The smallest absolute Gasteiger partial charge is 0.262 e. The van der Waals surface area contributed by atoms with Gasteiger partial charge in [0, 0.05) is 23.3 Å². The average molecular weight is 323 g/mol. The van der Waals surface area contributed by atoms with Gasteiger partial charge in [-0.2, -0.15) is 11.8 Å². The monoisotopic (exact) mass is 323 g/mol. The van der Waals surface area contributed by atoms with Crippen LogP contribution < -0.4 is 5.32 Å². The molecule has 1 aromatic rings. The molecule has 1 saturated carbocycles. The Kier molecular flexibility index (Phi) is 6.62. The van der Waals surface area contributed by atoms with Crippen molar-refractivity contribution in [3.8, 4) is 11.8 Å². The van der Waals surface area contributed by atoms with Crippen molar-refractivity contribution in [2.45, 2.75) is 43.9 Å². The van der Waals surface area contributed by atoms with E-state index in [1.807, 2.05) is 23.2 Å². The molecular formula is C16H21NO2S2. The Morgan fingerprint density at radius 2 is 2.43 bits per heavy atom. The quantitative estimate of drug-likeness (QED) is 0.819. The number of nitrogens with one attached hydrogen (secondary N) is 1. The maximum atomic E-state index is 12.4. The highest BCUT2D eigenvalue weighted by Crippen LogP contribution is 2.30. The largest absolute Gasteiger partial charge is 0.395 e. The molecular weight excluding hydrogens is 302 g/mol. The molecule has 1 fully saturated rings. The van der Waals surface area contributed by atoms with Gasteiger partial charge in [-0.3, -0.25) is 4.79 Å². The number of thiophene rings is 1. The second-order valence-corrected chi connectivity index (χ2v) is 7.49. The van der Waals surface area contributed by atoms with Crippen molar-refractivity contribution in [1.82, 2.24) is 5.32 Å². The minimum Gasteiger partial charge on any atom is -0.395 e. The molecule has 0 aromatic carbocycles. The van der Waals surface area contributed by atoms with Crippen molar-refractivity contribution in [3.05, 3.63) is 21.9 Å². The van der Waals surface area contributed by atoms with Crippen molar-refractivity contribution in [3.63, 3.8) is 0 Å². The van der Waals surface area contributed by atoms with Gasteiger partial charge in [-0.1, -0.05) is 18.8 Å². The van der Waals surface area contributed by atoms with E-state index in [4.69, 9.17) is 5.11 Å². The molecule has 0 aliphatic heterocycles. The molecule has 0 saturated heterocycles. The number of aliphatic hydroxyl groups is 1. The van der Waals surface area contributed by atoms with E-state index in [1.165, 1.54) is 17.8 Å². The Hall–Kier alpha value is -0.960. The number of carbonyl (C=O) groups excluding carboxylic acids is 1. The normalized spacial score (nSPS) is 20.9. The van der Waals surface area contributed by atoms with Crippen LogP contribution in [0.5, 0.6) is 0 Å². The minimum absolute atomic E-state index is 0.00885. The number of carbonyl (C=O) groups is 1. The third-order valence-corrected chi connectivity index (χ3v) is 5.60. The maximum Gasteiger partial charge on any atom is 0.262 e. The third-order valence-electron chi connectivity index (χ3n) is 3.45. The summed E-state index contributed by atoms with van der Waals surface area (Å²) < 4.78 is 0. The lowest BCUT2D eigenvalue weighted by Gasteiger charge is -2.12. The van der Waals surface area contributed by atoms with Gasteiger partial charge in [0.15, 0.2) is 0 Å². The van der Waals surface area contributed by atoms with Crippen LogP contribution in [0.4, 0.5) is 0 Å². The fourth-order valence-corrected chi connectivity index (χ4v) is 4.40. The van der Waals surface area contributed by atoms with E-state index in [2.05, 4.69) is 24.1 Å². The van der Waals surface area contributed by atoms with Crippen LogP contribution in [-0.2, 0) is 0 Å². The van der Waals surface area contributed by atoms with Gasteiger partial charge in [0.2, 0.25) is 0 Å². The van der Waals surface area contributed by atoms with Crippen LogP contribution in [0.1, 0.15) is 47.8 Å². The zero-order chi connectivity index (χ0) is 15.1. The lowest BCUT2D eigenvalue weighted by Crippen LogP contribution is -2.33. The van der Waals surface area contributed by atoms with E-state index in [0.29, 0.717) is 22.6 Å². The Balaban J connectivity index is 1.93. The predicted octanol–water partition coefficient (Wildman–Crippen LogP) is 2.89. The van der Waals surface area contributed by atoms with E-state index in [0.717, 1.165) is 24.2 Å². The van der Waals surface area contributed by atoms with Crippen LogP contribution in [0, 0.1) is 11.8 Å². The van der Waals surface area contributed by atoms with Crippen molar-refractivity contribution in [2.75, 3.05) is 12.4 Å². The first-order chi connectivity index (χ1) is 10.2. The van der Waals surface area contributed by atoms with Gasteiger partial charge >= 0.3 is 0 Å². The highest BCUT2D eigenvalue weighted by atomic mass is 32.2. The molecule has 0 bridgehead atoms. The fraction of sp³-hybridized carbons (Fsp3) is 0.562. The highest BCUT2D eigenvalue weighted by Gasteiger charge is 2.26. The molecule has 2 atom stereocenters. The second kappa shape index (κ2) is 8.47. The lowest BCUT2D eigenvalue weighted by molar-refractivity contribution is 0.0942. The topological polar surface area (TPSA) is 49.3 Å². The average Bonchev–Trinajstić information content (AvgIpc) is 3.09. The molecule has 1 aromatic heterocycles. The molecule has 1 amide bonds. The van der Waals surface area contributed by atoms with E-state index < -0.39 is 0 Å². The van der Waals surface area contributed by atoms with Crippen molar-refractivity contribution in [2.24, 2.45) is 0 Å². The van der Waals surface area contributed by atoms with Gasteiger partial charge in [0.1, 0.15) is 4.88 Å². The number of aliphatic hydroxyl groups excluding tert-OH is 1. The minimum atomic E-state index is -0.00885. The summed E-state index contributed by atoms with van der Waals surface area (Å²) in [6, 6.07) is 2.16. The first-order valence-corrected chi connectivity index (χ1v) is 9.27. The van der Waals surface area contributed by atoms with Crippen LogP contribution in [0.2, 0.25) is 0 Å². The summed E-state index contributed by atoms with van der Waals surface area (Å²) in [7, 11) is 0. The predicted molar refractivity (Wildman–Crippen MR) is 89.9 cm³/mol. The summed E-state index contributed by atoms with van der Waals surface area (Å²) in [6.45, 7) is 2.23. The van der Waals surface area contributed by atoms with Crippen LogP contribution in [-0.4, -0.2) is 34.7 Å². The fourth-order valence-electron chi connectivity index (χ4n) is 2.51. The molecule has 2 rings (SSSR count). The van der Waals surface area contributed by atoms with Crippen molar-refractivity contribution < 1.29 is 9.90 Å². The molecule has 0 radical (unpaired) electrons.